The molecular weight excluding hydrogens is 356 g/mol. The molecule has 1 aliphatic carbocycles. The molecule has 2 heterocycles. The first kappa shape index (κ1) is 19.4. The van der Waals surface area contributed by atoms with Gasteiger partial charge in [0.05, 0.1) is 6.61 Å². The predicted molar refractivity (Wildman–Crippen MR) is 120 cm³/mol. The predicted octanol–water partition coefficient (Wildman–Crippen LogP) is 5.59. The molecule has 3 heteroatoms. The Hall–Kier alpha value is -2.91. The summed E-state index contributed by atoms with van der Waals surface area (Å²) in [5.41, 5.74) is 8.95. The maximum Gasteiger partial charge on any atom is 0.0645 e. The van der Waals surface area contributed by atoms with E-state index in [4.69, 9.17) is 0 Å². The monoisotopic (exact) mass is 384 g/mol. The standard InChI is InChI=1S/C26H28N2O/c1-2-3-4-7-20(19-29)14-17-28-25-11-10-21-8-5-6-9-23(21)24(25)18-26(28)22-12-15-27-16-13-22/h3-6,8-9,12-16,18,29H,2,7,10-11,17,19H2,1H3/b4-3-,20-14+. The normalized spacial score (nSPS) is 13.5. The van der Waals surface area contributed by atoms with Crippen LogP contribution in [0.15, 0.2) is 78.7 Å². The Morgan fingerprint density at radius 3 is 2.69 bits per heavy atom. The summed E-state index contributed by atoms with van der Waals surface area (Å²) in [6, 6.07) is 15.2. The van der Waals surface area contributed by atoms with E-state index in [-0.39, 0.29) is 6.61 Å². The molecule has 1 N–H and O–H groups in total. The zero-order valence-corrected chi connectivity index (χ0v) is 17.0. The number of aromatic nitrogens is 2. The molecule has 0 unspecified atom stereocenters. The third kappa shape index (κ3) is 4.10. The fraction of sp³-hybridized carbons (Fsp3) is 0.269. The average molecular weight is 385 g/mol. The lowest BCUT2D eigenvalue weighted by atomic mass is 9.90. The lowest BCUT2D eigenvalue weighted by molar-refractivity contribution is 0.328. The summed E-state index contributed by atoms with van der Waals surface area (Å²) in [4.78, 5) is 4.19. The number of nitrogens with zero attached hydrogens (tertiary/aromatic N) is 2. The van der Waals surface area contributed by atoms with E-state index in [1.807, 2.05) is 12.4 Å². The summed E-state index contributed by atoms with van der Waals surface area (Å²) in [7, 11) is 0. The summed E-state index contributed by atoms with van der Waals surface area (Å²) in [5.74, 6) is 0. The number of aliphatic hydroxyl groups is 1. The molecule has 0 saturated carbocycles. The molecule has 0 aliphatic heterocycles. The second kappa shape index (κ2) is 9.06. The minimum absolute atomic E-state index is 0.102. The van der Waals surface area contributed by atoms with Crippen LogP contribution in [0.4, 0.5) is 0 Å². The quantitative estimate of drug-likeness (QED) is 0.539. The van der Waals surface area contributed by atoms with Crippen LogP contribution in [0.1, 0.15) is 31.0 Å². The van der Waals surface area contributed by atoms with Gasteiger partial charge in [0, 0.05) is 41.5 Å². The van der Waals surface area contributed by atoms with Crippen LogP contribution < -0.4 is 0 Å². The number of hydrogen-bond acceptors (Lipinski definition) is 2. The van der Waals surface area contributed by atoms with Crippen LogP contribution in [0.25, 0.3) is 22.4 Å². The molecule has 0 bridgehead atoms. The molecular formula is C26H28N2O. The molecule has 29 heavy (non-hydrogen) atoms. The van der Waals surface area contributed by atoms with E-state index in [9.17, 15) is 5.11 Å². The number of aryl methyl sites for hydroxylation is 1. The molecule has 0 radical (unpaired) electrons. The summed E-state index contributed by atoms with van der Waals surface area (Å²) < 4.78 is 2.42. The van der Waals surface area contributed by atoms with Gasteiger partial charge in [-0.05, 0) is 60.6 Å². The van der Waals surface area contributed by atoms with Crippen molar-refractivity contribution in [2.24, 2.45) is 0 Å². The molecule has 0 amide bonds. The second-order valence-electron chi connectivity index (χ2n) is 7.50. The highest BCUT2D eigenvalue weighted by Crippen LogP contribution is 2.38. The van der Waals surface area contributed by atoms with Crippen LogP contribution in [-0.2, 0) is 19.4 Å². The fourth-order valence-corrected chi connectivity index (χ4v) is 4.15. The zero-order chi connectivity index (χ0) is 20.1. The SMILES string of the molecule is CC/C=C\C/C(=C\Cn1c(-c2ccncc2)cc2c1CCc1ccccc1-2)CO. The molecule has 0 atom stereocenters. The third-order valence-electron chi connectivity index (χ3n) is 5.67. The van der Waals surface area contributed by atoms with Crippen LogP contribution in [0.3, 0.4) is 0 Å². The Morgan fingerprint density at radius 2 is 1.90 bits per heavy atom. The van der Waals surface area contributed by atoms with E-state index in [1.54, 1.807) is 0 Å². The summed E-state index contributed by atoms with van der Waals surface area (Å²) in [6.07, 6.45) is 14.1. The van der Waals surface area contributed by atoms with E-state index >= 15 is 0 Å². The van der Waals surface area contributed by atoms with Crippen LogP contribution in [0.5, 0.6) is 0 Å². The Balaban J connectivity index is 1.76. The molecule has 1 aliphatic rings. The van der Waals surface area contributed by atoms with Gasteiger partial charge in [0.2, 0.25) is 0 Å². The van der Waals surface area contributed by atoms with Crippen molar-refractivity contribution in [2.75, 3.05) is 6.61 Å². The van der Waals surface area contributed by atoms with Gasteiger partial charge in [-0.3, -0.25) is 4.98 Å². The van der Waals surface area contributed by atoms with Gasteiger partial charge in [-0.1, -0.05) is 49.4 Å². The zero-order valence-electron chi connectivity index (χ0n) is 17.0. The first-order chi connectivity index (χ1) is 14.3. The lowest BCUT2D eigenvalue weighted by Gasteiger charge is -2.19. The molecule has 3 aromatic rings. The molecule has 2 aromatic heterocycles. The van der Waals surface area contributed by atoms with Gasteiger partial charge in [0.15, 0.2) is 0 Å². The number of pyridine rings is 1. The van der Waals surface area contributed by atoms with Crippen LogP contribution in [0.2, 0.25) is 0 Å². The largest absolute Gasteiger partial charge is 0.392 e. The number of allylic oxidation sites excluding steroid dienone is 3. The van der Waals surface area contributed by atoms with Crippen molar-refractivity contribution in [1.82, 2.24) is 9.55 Å². The van der Waals surface area contributed by atoms with Crippen molar-refractivity contribution in [3.05, 3.63) is 89.9 Å². The van der Waals surface area contributed by atoms with Gasteiger partial charge >= 0.3 is 0 Å². The maximum atomic E-state index is 9.79. The Bertz CT molecular complexity index is 1030. The van der Waals surface area contributed by atoms with Crippen molar-refractivity contribution in [3.63, 3.8) is 0 Å². The van der Waals surface area contributed by atoms with Gasteiger partial charge in [-0.2, -0.15) is 0 Å². The molecule has 4 rings (SSSR count). The van der Waals surface area contributed by atoms with Crippen molar-refractivity contribution in [2.45, 2.75) is 39.2 Å². The van der Waals surface area contributed by atoms with E-state index in [2.05, 4.69) is 77.2 Å². The van der Waals surface area contributed by atoms with Crippen LogP contribution in [-0.4, -0.2) is 21.3 Å². The Labute approximate surface area is 173 Å². The van der Waals surface area contributed by atoms with Gasteiger partial charge in [-0.15, -0.1) is 0 Å². The highest BCUT2D eigenvalue weighted by atomic mass is 16.3. The van der Waals surface area contributed by atoms with E-state index < -0.39 is 0 Å². The van der Waals surface area contributed by atoms with Gasteiger partial charge in [0.25, 0.3) is 0 Å². The first-order valence-electron chi connectivity index (χ1n) is 10.5. The molecule has 148 valence electrons. The van der Waals surface area contributed by atoms with Crippen LogP contribution in [0, 0.1) is 0 Å². The van der Waals surface area contributed by atoms with Gasteiger partial charge in [0.1, 0.15) is 0 Å². The molecule has 3 nitrogen and oxygen atoms in total. The van der Waals surface area contributed by atoms with E-state index in [0.29, 0.717) is 0 Å². The summed E-state index contributed by atoms with van der Waals surface area (Å²) in [6.45, 7) is 3.00. The fourth-order valence-electron chi connectivity index (χ4n) is 4.15. The maximum absolute atomic E-state index is 9.79. The van der Waals surface area contributed by atoms with E-state index in [0.717, 1.165) is 37.8 Å². The molecule has 1 aromatic carbocycles. The average Bonchev–Trinajstić information content (AvgIpc) is 3.16. The molecule has 0 saturated heterocycles. The smallest absolute Gasteiger partial charge is 0.0645 e. The number of aliphatic hydroxyl groups excluding tert-OH is 1. The minimum atomic E-state index is 0.102. The number of benzene rings is 1. The summed E-state index contributed by atoms with van der Waals surface area (Å²) >= 11 is 0. The number of fused-ring (bicyclic) bond motifs is 3. The minimum Gasteiger partial charge on any atom is -0.392 e. The van der Waals surface area contributed by atoms with E-state index in [1.165, 1.54) is 33.6 Å². The molecule has 0 spiro atoms. The van der Waals surface area contributed by atoms with Gasteiger partial charge in [-0.25, -0.2) is 0 Å². The van der Waals surface area contributed by atoms with Crippen LogP contribution >= 0.6 is 0 Å². The highest BCUT2D eigenvalue weighted by molar-refractivity contribution is 5.78. The van der Waals surface area contributed by atoms with Crippen molar-refractivity contribution in [3.8, 4) is 22.4 Å². The van der Waals surface area contributed by atoms with Crippen molar-refractivity contribution < 1.29 is 5.11 Å². The Morgan fingerprint density at radius 1 is 1.07 bits per heavy atom. The van der Waals surface area contributed by atoms with Crippen molar-refractivity contribution in [1.29, 1.82) is 0 Å². The number of hydrogen-bond donors (Lipinski definition) is 1. The second-order valence-corrected chi connectivity index (χ2v) is 7.50. The van der Waals surface area contributed by atoms with Crippen molar-refractivity contribution >= 4 is 0 Å². The topological polar surface area (TPSA) is 38.0 Å². The third-order valence-corrected chi connectivity index (χ3v) is 5.67. The van der Waals surface area contributed by atoms with Gasteiger partial charge < -0.3 is 9.67 Å². The molecule has 0 fully saturated rings. The summed E-state index contributed by atoms with van der Waals surface area (Å²) in [5, 5.41) is 9.79. The Kier molecular flexibility index (Phi) is 6.06. The lowest BCUT2D eigenvalue weighted by Crippen LogP contribution is -2.10. The first-order valence-corrected chi connectivity index (χ1v) is 10.5. The highest BCUT2D eigenvalue weighted by Gasteiger charge is 2.22. The number of rotatable bonds is 7.